The van der Waals surface area contributed by atoms with Crippen molar-refractivity contribution in [1.82, 2.24) is 10.6 Å². The molecule has 0 aliphatic carbocycles. The molecule has 0 amide bonds. The Morgan fingerprint density at radius 2 is 2.19 bits per heavy atom. The smallest absolute Gasteiger partial charge is 0.191 e. The van der Waals surface area contributed by atoms with Crippen LogP contribution < -0.4 is 15.5 Å². The Morgan fingerprint density at radius 3 is 2.81 bits per heavy atom. The first-order valence-electron chi connectivity index (χ1n) is 6.81. The average Bonchev–Trinajstić information content (AvgIpc) is 2.92. The van der Waals surface area contributed by atoms with Gasteiger partial charge in [-0.1, -0.05) is 22.0 Å². The lowest BCUT2D eigenvalue weighted by Crippen LogP contribution is -2.44. The molecule has 0 spiro atoms. The van der Waals surface area contributed by atoms with Gasteiger partial charge >= 0.3 is 0 Å². The molecule has 0 bridgehead atoms. The molecule has 6 heteroatoms. The van der Waals surface area contributed by atoms with Crippen LogP contribution in [0.25, 0.3) is 0 Å². The van der Waals surface area contributed by atoms with Crippen LogP contribution in [0.3, 0.4) is 0 Å². The van der Waals surface area contributed by atoms with E-state index in [2.05, 4.69) is 67.3 Å². The van der Waals surface area contributed by atoms with E-state index in [1.165, 1.54) is 5.69 Å². The summed E-state index contributed by atoms with van der Waals surface area (Å²) in [6.07, 6.45) is 2.94. The predicted octanol–water partition coefficient (Wildman–Crippen LogP) is 3.00. The highest BCUT2D eigenvalue weighted by molar-refractivity contribution is 14.0. The lowest BCUT2D eigenvalue weighted by atomic mass is 10.3. The summed E-state index contributed by atoms with van der Waals surface area (Å²) in [4.78, 5) is 6.61. The Labute approximate surface area is 152 Å². The fourth-order valence-electron chi connectivity index (χ4n) is 2.32. The molecule has 0 radical (unpaired) electrons. The van der Waals surface area contributed by atoms with Crippen LogP contribution in [0.5, 0.6) is 0 Å². The van der Waals surface area contributed by atoms with Crippen molar-refractivity contribution >= 4 is 51.6 Å². The quantitative estimate of drug-likeness (QED) is 0.311. The van der Waals surface area contributed by atoms with Crippen LogP contribution in [0.15, 0.2) is 46.4 Å². The van der Waals surface area contributed by atoms with E-state index >= 15 is 0 Å². The van der Waals surface area contributed by atoms with Gasteiger partial charge in [0.25, 0.3) is 0 Å². The lowest BCUT2D eigenvalue weighted by molar-refractivity contribution is 0.654. The maximum atomic E-state index is 4.22. The van der Waals surface area contributed by atoms with Gasteiger partial charge in [0.05, 0.1) is 0 Å². The number of nitrogens with zero attached hydrogens (tertiary/aromatic N) is 2. The summed E-state index contributed by atoms with van der Waals surface area (Å²) in [5, 5.41) is 6.66. The van der Waals surface area contributed by atoms with Gasteiger partial charge in [-0.25, -0.2) is 0 Å². The van der Waals surface area contributed by atoms with Crippen molar-refractivity contribution in [1.29, 1.82) is 0 Å². The molecule has 2 N–H and O–H groups in total. The van der Waals surface area contributed by atoms with Crippen molar-refractivity contribution in [2.45, 2.75) is 12.5 Å². The molecule has 1 aromatic carbocycles. The zero-order chi connectivity index (χ0) is 14.4. The number of guanidine groups is 1. The summed E-state index contributed by atoms with van der Waals surface area (Å²) in [5.41, 5.74) is 1.27. The highest BCUT2D eigenvalue weighted by Crippen LogP contribution is 2.22. The molecule has 1 aromatic rings. The van der Waals surface area contributed by atoms with Crippen LogP contribution in [-0.2, 0) is 0 Å². The summed E-state index contributed by atoms with van der Waals surface area (Å²) in [6.45, 7) is 6.49. The summed E-state index contributed by atoms with van der Waals surface area (Å²) in [5.74, 6) is 0.840. The van der Waals surface area contributed by atoms with Crippen LogP contribution in [0.1, 0.15) is 6.42 Å². The first-order valence-corrected chi connectivity index (χ1v) is 7.61. The fraction of sp³-hybridized carbons (Fsp3) is 0.400. The topological polar surface area (TPSA) is 39.7 Å². The Kier molecular flexibility index (Phi) is 8.10. The molecular weight excluding hydrogens is 443 g/mol. The average molecular weight is 465 g/mol. The molecule has 1 saturated heterocycles. The van der Waals surface area contributed by atoms with Gasteiger partial charge in [-0.3, -0.25) is 4.99 Å². The molecule has 0 saturated carbocycles. The second-order valence-electron chi connectivity index (χ2n) is 4.79. The van der Waals surface area contributed by atoms with Gasteiger partial charge in [0, 0.05) is 42.9 Å². The Bertz CT molecular complexity index is 475. The van der Waals surface area contributed by atoms with Crippen molar-refractivity contribution in [2.24, 2.45) is 4.99 Å². The second-order valence-corrected chi connectivity index (χ2v) is 5.71. The van der Waals surface area contributed by atoms with Gasteiger partial charge in [0.1, 0.15) is 0 Å². The molecule has 116 valence electrons. The molecule has 1 fully saturated rings. The van der Waals surface area contributed by atoms with Crippen molar-refractivity contribution in [3.63, 3.8) is 0 Å². The van der Waals surface area contributed by atoms with E-state index in [0.29, 0.717) is 6.04 Å². The van der Waals surface area contributed by atoms with E-state index in [9.17, 15) is 0 Å². The Balaban J connectivity index is 0.00000220. The second kappa shape index (κ2) is 9.30. The molecule has 0 aromatic heterocycles. The van der Waals surface area contributed by atoms with Gasteiger partial charge in [0.15, 0.2) is 5.96 Å². The maximum absolute atomic E-state index is 4.22. The molecule has 1 unspecified atom stereocenters. The third-order valence-corrected chi connectivity index (χ3v) is 3.89. The van der Waals surface area contributed by atoms with Crippen LogP contribution in [-0.4, -0.2) is 38.7 Å². The lowest BCUT2D eigenvalue weighted by Gasteiger charge is -2.20. The fourth-order valence-corrected chi connectivity index (χ4v) is 2.59. The highest BCUT2D eigenvalue weighted by Gasteiger charge is 2.23. The van der Waals surface area contributed by atoms with Gasteiger partial charge < -0.3 is 15.5 Å². The largest absolute Gasteiger partial charge is 0.369 e. The summed E-state index contributed by atoms with van der Waals surface area (Å²) < 4.78 is 1.11. The van der Waals surface area contributed by atoms with E-state index in [1.807, 2.05) is 6.08 Å². The van der Waals surface area contributed by atoms with Crippen LogP contribution in [0, 0.1) is 0 Å². The van der Waals surface area contributed by atoms with Crippen molar-refractivity contribution in [2.75, 3.05) is 31.6 Å². The van der Waals surface area contributed by atoms with Crippen LogP contribution in [0.2, 0.25) is 0 Å². The number of hydrogen-bond acceptors (Lipinski definition) is 2. The summed E-state index contributed by atoms with van der Waals surface area (Å²) >= 11 is 3.47. The minimum absolute atomic E-state index is 0. The Morgan fingerprint density at radius 1 is 1.48 bits per heavy atom. The maximum Gasteiger partial charge on any atom is 0.191 e. The highest BCUT2D eigenvalue weighted by atomic mass is 127. The standard InChI is InChI=1S/C15H21BrN4.HI/c1-3-9-18-15(17-2)19-13-8-10-20(11-13)14-6-4-12(16)5-7-14;/h3-7,13H,1,8-11H2,2H3,(H2,17,18,19);1H. The van der Waals surface area contributed by atoms with Crippen LogP contribution in [0.4, 0.5) is 5.69 Å². The minimum Gasteiger partial charge on any atom is -0.369 e. The SMILES string of the molecule is C=CCNC(=NC)NC1CCN(c2ccc(Br)cc2)C1.I. The molecule has 4 nitrogen and oxygen atoms in total. The van der Waals surface area contributed by atoms with Gasteiger partial charge in [-0.05, 0) is 30.7 Å². The molecule has 1 aliphatic heterocycles. The predicted molar refractivity (Wildman–Crippen MR) is 105 cm³/mol. The van der Waals surface area contributed by atoms with Gasteiger partial charge in [-0.15, -0.1) is 30.6 Å². The Hall–Kier alpha value is -0.760. The van der Waals surface area contributed by atoms with E-state index in [-0.39, 0.29) is 24.0 Å². The number of benzene rings is 1. The summed E-state index contributed by atoms with van der Waals surface area (Å²) in [7, 11) is 1.79. The van der Waals surface area contributed by atoms with Crippen LogP contribution >= 0.6 is 39.9 Å². The normalized spacial score (nSPS) is 18.1. The number of aliphatic imine (C=N–C) groups is 1. The molecule has 1 heterocycles. The summed E-state index contributed by atoms with van der Waals surface area (Å²) in [6, 6.07) is 8.89. The number of nitrogens with one attached hydrogen (secondary N) is 2. The zero-order valence-electron chi connectivity index (χ0n) is 12.2. The van der Waals surface area contributed by atoms with Crippen molar-refractivity contribution < 1.29 is 0 Å². The number of anilines is 1. The molecule has 21 heavy (non-hydrogen) atoms. The van der Waals surface area contributed by atoms with Crippen molar-refractivity contribution in [3.05, 3.63) is 41.4 Å². The molecule has 1 aliphatic rings. The van der Waals surface area contributed by atoms with E-state index in [4.69, 9.17) is 0 Å². The van der Waals surface area contributed by atoms with Crippen molar-refractivity contribution in [3.8, 4) is 0 Å². The van der Waals surface area contributed by atoms with Gasteiger partial charge in [0.2, 0.25) is 0 Å². The number of halogens is 2. The number of hydrogen-bond donors (Lipinski definition) is 2. The number of rotatable bonds is 4. The zero-order valence-corrected chi connectivity index (χ0v) is 16.1. The monoisotopic (exact) mass is 464 g/mol. The van der Waals surface area contributed by atoms with Gasteiger partial charge in [-0.2, -0.15) is 0 Å². The first-order chi connectivity index (χ1) is 9.72. The third kappa shape index (κ3) is 5.50. The van der Waals surface area contributed by atoms with E-state index < -0.39 is 0 Å². The molecule has 1 atom stereocenters. The molecule has 2 rings (SSSR count). The van der Waals surface area contributed by atoms with E-state index in [1.54, 1.807) is 7.05 Å². The molecular formula is C15H22BrIN4. The van der Waals surface area contributed by atoms with E-state index in [0.717, 1.165) is 36.5 Å². The minimum atomic E-state index is 0. The first kappa shape index (κ1) is 18.3. The third-order valence-electron chi connectivity index (χ3n) is 3.36.